The van der Waals surface area contributed by atoms with Crippen LogP contribution < -0.4 is 0 Å². The van der Waals surface area contributed by atoms with Crippen LogP contribution in [0.3, 0.4) is 0 Å². The molecule has 0 atom stereocenters. The zero-order valence-electron chi connectivity index (χ0n) is 10.1. The van der Waals surface area contributed by atoms with Gasteiger partial charge in [-0.15, -0.1) is 0 Å². The van der Waals surface area contributed by atoms with Crippen molar-refractivity contribution in [1.29, 1.82) is 0 Å². The van der Waals surface area contributed by atoms with Crippen molar-refractivity contribution in [3.8, 4) is 0 Å². The van der Waals surface area contributed by atoms with Gasteiger partial charge in [-0.25, -0.2) is 4.98 Å². The van der Waals surface area contributed by atoms with Gasteiger partial charge in [0.25, 0.3) is 5.91 Å². The summed E-state index contributed by atoms with van der Waals surface area (Å²) in [6, 6.07) is 5.01. The van der Waals surface area contributed by atoms with Crippen molar-refractivity contribution in [2.45, 2.75) is 20.3 Å². The molecule has 0 aliphatic heterocycles. The van der Waals surface area contributed by atoms with E-state index in [2.05, 4.69) is 4.98 Å². The van der Waals surface area contributed by atoms with Gasteiger partial charge in [0, 0.05) is 12.6 Å². The molecule has 1 heterocycles. The van der Waals surface area contributed by atoms with E-state index in [-0.39, 0.29) is 5.91 Å². The van der Waals surface area contributed by atoms with Crippen LogP contribution in [-0.4, -0.2) is 15.5 Å². The van der Waals surface area contributed by atoms with Crippen LogP contribution in [0.15, 0.2) is 24.4 Å². The minimum absolute atomic E-state index is 0.247. The Bertz CT molecular complexity index is 585. The number of hydrogen-bond acceptors (Lipinski definition) is 2. The first-order chi connectivity index (χ1) is 8.54. The van der Waals surface area contributed by atoms with Crippen molar-refractivity contribution in [3.05, 3.63) is 51.5 Å². The van der Waals surface area contributed by atoms with E-state index in [1.54, 1.807) is 24.4 Å². The molecule has 5 heteroatoms. The molecule has 0 radical (unpaired) electrons. The molecule has 1 aromatic heterocycles. The molecule has 0 saturated carbocycles. The molecule has 0 aliphatic carbocycles. The number of nitrogens with zero attached hydrogens (tertiary/aromatic N) is 2. The molecule has 0 unspecified atom stereocenters. The van der Waals surface area contributed by atoms with Crippen LogP contribution in [0.4, 0.5) is 0 Å². The number of carbonyl (C=O) groups excluding carboxylic acids is 1. The fraction of sp³-hybridized carbons (Fsp3) is 0.231. The highest BCUT2D eigenvalue weighted by Crippen LogP contribution is 2.25. The number of carbonyl (C=O) groups is 1. The van der Waals surface area contributed by atoms with E-state index in [1.165, 1.54) is 4.57 Å². The van der Waals surface area contributed by atoms with Crippen molar-refractivity contribution >= 4 is 29.1 Å². The molecular formula is C13H12Cl2N2O. The fourth-order valence-corrected chi connectivity index (χ4v) is 2.35. The summed E-state index contributed by atoms with van der Waals surface area (Å²) < 4.78 is 1.50. The molecule has 0 aliphatic rings. The molecule has 0 fully saturated rings. The minimum Gasteiger partial charge on any atom is -0.269 e. The van der Waals surface area contributed by atoms with Gasteiger partial charge in [0.15, 0.2) is 0 Å². The number of benzene rings is 1. The Morgan fingerprint density at radius 1 is 1.33 bits per heavy atom. The van der Waals surface area contributed by atoms with E-state index in [0.29, 0.717) is 27.9 Å². The lowest BCUT2D eigenvalue weighted by Crippen LogP contribution is -2.15. The van der Waals surface area contributed by atoms with Gasteiger partial charge in [0.1, 0.15) is 5.82 Å². The first kappa shape index (κ1) is 13.1. The molecule has 0 N–H and O–H groups in total. The Kier molecular flexibility index (Phi) is 3.73. The van der Waals surface area contributed by atoms with Gasteiger partial charge in [-0.05, 0) is 19.1 Å². The minimum atomic E-state index is -0.247. The van der Waals surface area contributed by atoms with E-state index >= 15 is 0 Å². The highest BCUT2D eigenvalue weighted by atomic mass is 35.5. The van der Waals surface area contributed by atoms with Crippen molar-refractivity contribution < 1.29 is 4.79 Å². The lowest BCUT2D eigenvalue weighted by molar-refractivity contribution is 0.0957. The van der Waals surface area contributed by atoms with Crippen LogP contribution in [0.5, 0.6) is 0 Å². The summed E-state index contributed by atoms with van der Waals surface area (Å²) in [4.78, 5) is 16.7. The average Bonchev–Trinajstić information content (AvgIpc) is 2.70. The number of imidazole rings is 1. The molecule has 18 heavy (non-hydrogen) atoms. The second-order valence-corrected chi connectivity index (χ2v) is 4.74. The van der Waals surface area contributed by atoms with E-state index in [9.17, 15) is 4.79 Å². The lowest BCUT2D eigenvalue weighted by Gasteiger charge is -2.08. The summed E-state index contributed by atoms with van der Waals surface area (Å²) in [5.41, 5.74) is 1.11. The number of rotatable bonds is 2. The standard InChI is InChI=1S/C13H12Cl2N2O/c1-3-11-16-8(2)7-17(11)13(18)12-9(14)5-4-6-10(12)15/h4-7H,3H2,1-2H3. The quantitative estimate of drug-likeness (QED) is 0.841. The number of halogens is 2. The van der Waals surface area contributed by atoms with Crippen LogP contribution in [0, 0.1) is 6.92 Å². The normalized spacial score (nSPS) is 10.7. The van der Waals surface area contributed by atoms with Gasteiger partial charge < -0.3 is 0 Å². The molecule has 0 amide bonds. The van der Waals surface area contributed by atoms with E-state index < -0.39 is 0 Å². The second kappa shape index (κ2) is 5.12. The highest BCUT2D eigenvalue weighted by molar-refractivity contribution is 6.39. The Hall–Kier alpha value is -1.32. The summed E-state index contributed by atoms with van der Waals surface area (Å²) in [5.74, 6) is 0.455. The molecule has 1 aromatic carbocycles. The highest BCUT2D eigenvalue weighted by Gasteiger charge is 2.19. The fourth-order valence-electron chi connectivity index (χ4n) is 1.80. The number of aryl methyl sites for hydroxylation is 2. The van der Waals surface area contributed by atoms with Crippen LogP contribution in [0.25, 0.3) is 0 Å². The molecule has 94 valence electrons. The average molecular weight is 283 g/mol. The SMILES string of the molecule is CCc1nc(C)cn1C(=O)c1c(Cl)cccc1Cl. The van der Waals surface area contributed by atoms with Gasteiger partial charge in [-0.1, -0.05) is 36.2 Å². The third kappa shape index (κ3) is 2.28. The predicted molar refractivity (Wildman–Crippen MR) is 72.5 cm³/mol. The first-order valence-electron chi connectivity index (χ1n) is 5.58. The third-order valence-electron chi connectivity index (χ3n) is 2.61. The molecule has 0 spiro atoms. The van der Waals surface area contributed by atoms with Gasteiger partial charge in [-0.3, -0.25) is 9.36 Å². The van der Waals surface area contributed by atoms with Crippen LogP contribution >= 0.6 is 23.2 Å². The van der Waals surface area contributed by atoms with Gasteiger partial charge in [0.2, 0.25) is 0 Å². The Morgan fingerprint density at radius 3 is 2.50 bits per heavy atom. The Morgan fingerprint density at radius 2 is 1.94 bits per heavy atom. The molecule has 0 saturated heterocycles. The maximum atomic E-state index is 12.4. The van der Waals surface area contributed by atoms with Crippen LogP contribution in [0.1, 0.15) is 28.8 Å². The number of hydrogen-bond donors (Lipinski definition) is 0. The summed E-state index contributed by atoms with van der Waals surface area (Å²) in [7, 11) is 0. The van der Waals surface area contributed by atoms with Gasteiger partial charge in [0.05, 0.1) is 21.3 Å². The molecule has 2 rings (SSSR count). The third-order valence-corrected chi connectivity index (χ3v) is 3.24. The summed E-state index contributed by atoms with van der Waals surface area (Å²) >= 11 is 12.1. The molecule has 0 bridgehead atoms. The van der Waals surface area contributed by atoms with Crippen LogP contribution in [-0.2, 0) is 6.42 Å². The maximum absolute atomic E-state index is 12.4. The van der Waals surface area contributed by atoms with Crippen molar-refractivity contribution in [1.82, 2.24) is 9.55 Å². The zero-order chi connectivity index (χ0) is 13.3. The smallest absolute Gasteiger partial charge is 0.266 e. The van der Waals surface area contributed by atoms with E-state index in [4.69, 9.17) is 23.2 Å². The largest absolute Gasteiger partial charge is 0.269 e. The summed E-state index contributed by atoms with van der Waals surface area (Å²) in [6.07, 6.45) is 2.36. The molecule has 3 nitrogen and oxygen atoms in total. The number of aromatic nitrogens is 2. The van der Waals surface area contributed by atoms with Crippen molar-refractivity contribution in [3.63, 3.8) is 0 Å². The van der Waals surface area contributed by atoms with Crippen molar-refractivity contribution in [2.75, 3.05) is 0 Å². The Balaban J connectivity index is 2.54. The van der Waals surface area contributed by atoms with Gasteiger partial charge in [-0.2, -0.15) is 0 Å². The first-order valence-corrected chi connectivity index (χ1v) is 6.33. The summed E-state index contributed by atoms with van der Waals surface area (Å²) in [5, 5.41) is 0.696. The summed E-state index contributed by atoms with van der Waals surface area (Å²) in [6.45, 7) is 3.79. The maximum Gasteiger partial charge on any atom is 0.266 e. The monoisotopic (exact) mass is 282 g/mol. The van der Waals surface area contributed by atoms with E-state index in [1.807, 2.05) is 13.8 Å². The zero-order valence-corrected chi connectivity index (χ0v) is 11.6. The molecular weight excluding hydrogens is 271 g/mol. The van der Waals surface area contributed by atoms with Gasteiger partial charge >= 0.3 is 0 Å². The lowest BCUT2D eigenvalue weighted by atomic mass is 10.2. The Labute approximate surface area is 115 Å². The topological polar surface area (TPSA) is 34.9 Å². The molecule has 2 aromatic rings. The van der Waals surface area contributed by atoms with E-state index in [0.717, 1.165) is 5.69 Å². The second-order valence-electron chi connectivity index (χ2n) is 3.92. The van der Waals surface area contributed by atoms with Crippen LogP contribution in [0.2, 0.25) is 10.0 Å². The predicted octanol–water partition coefficient (Wildman–Crippen LogP) is 3.75. The van der Waals surface area contributed by atoms with Crippen molar-refractivity contribution in [2.24, 2.45) is 0 Å².